The summed E-state index contributed by atoms with van der Waals surface area (Å²) in [6.45, 7) is 3.59. The van der Waals surface area contributed by atoms with Crippen molar-refractivity contribution in [2.24, 2.45) is 11.3 Å². The van der Waals surface area contributed by atoms with Crippen molar-refractivity contribution >= 4 is 5.91 Å². The predicted octanol–water partition coefficient (Wildman–Crippen LogP) is 3.63. The van der Waals surface area contributed by atoms with Crippen LogP contribution in [0.25, 0.3) is 11.1 Å². The first-order valence-electron chi connectivity index (χ1n) is 10.7. The highest BCUT2D eigenvalue weighted by Gasteiger charge is 2.40. The van der Waals surface area contributed by atoms with Crippen LogP contribution in [0.2, 0.25) is 0 Å². The summed E-state index contributed by atoms with van der Waals surface area (Å²) in [6, 6.07) is 12.5. The molecule has 3 heterocycles. The molecule has 1 amide bonds. The van der Waals surface area contributed by atoms with Gasteiger partial charge in [-0.1, -0.05) is 30.3 Å². The molecule has 1 aromatic carbocycles. The van der Waals surface area contributed by atoms with Crippen molar-refractivity contribution in [1.82, 2.24) is 10.3 Å². The summed E-state index contributed by atoms with van der Waals surface area (Å²) >= 11 is 0. The Morgan fingerprint density at radius 2 is 1.97 bits per heavy atom. The number of carbonyl (C=O) groups excluding carboxylic acids is 1. The van der Waals surface area contributed by atoms with Crippen LogP contribution in [0.3, 0.4) is 0 Å². The summed E-state index contributed by atoms with van der Waals surface area (Å²) in [4.78, 5) is 17.5. The molecule has 5 heteroatoms. The van der Waals surface area contributed by atoms with E-state index in [0.717, 1.165) is 56.4 Å². The summed E-state index contributed by atoms with van der Waals surface area (Å²) in [7, 11) is 0. The lowest BCUT2D eigenvalue weighted by Crippen LogP contribution is -2.47. The monoisotopic (exact) mass is 394 g/mol. The van der Waals surface area contributed by atoms with Gasteiger partial charge in [-0.15, -0.1) is 0 Å². The van der Waals surface area contributed by atoms with Gasteiger partial charge < -0.3 is 14.8 Å². The molecule has 4 rings (SSSR count). The zero-order valence-electron chi connectivity index (χ0n) is 16.9. The minimum absolute atomic E-state index is 0.165. The van der Waals surface area contributed by atoms with E-state index in [2.05, 4.69) is 40.6 Å². The first-order chi connectivity index (χ1) is 14.3. The normalized spacial score (nSPS) is 21.4. The van der Waals surface area contributed by atoms with Gasteiger partial charge >= 0.3 is 0 Å². The Kier molecular flexibility index (Phi) is 6.57. The summed E-state index contributed by atoms with van der Waals surface area (Å²) in [6.07, 6.45) is 8.13. The van der Waals surface area contributed by atoms with Crippen molar-refractivity contribution in [2.45, 2.75) is 32.1 Å². The number of aromatic nitrogens is 1. The lowest BCUT2D eigenvalue weighted by atomic mass is 9.74. The Labute approximate surface area is 172 Å². The average Bonchev–Trinajstić information content (AvgIpc) is 2.79. The lowest BCUT2D eigenvalue weighted by Gasteiger charge is -2.36. The SMILES string of the molecule is O=C(NC[C@@H]1CCCOC1)C1(Cc2cccc(-c3cccnc3)c2)CCOCC1. The second kappa shape index (κ2) is 9.51. The number of nitrogens with one attached hydrogen (secondary N) is 1. The number of ether oxygens (including phenoxy) is 2. The van der Waals surface area contributed by atoms with Gasteiger partial charge in [0, 0.05) is 38.8 Å². The molecule has 2 aliphatic rings. The maximum Gasteiger partial charge on any atom is 0.226 e. The number of rotatable bonds is 6. The van der Waals surface area contributed by atoms with E-state index < -0.39 is 5.41 Å². The van der Waals surface area contributed by atoms with Gasteiger partial charge in [-0.3, -0.25) is 9.78 Å². The minimum Gasteiger partial charge on any atom is -0.381 e. The van der Waals surface area contributed by atoms with Crippen LogP contribution < -0.4 is 5.32 Å². The van der Waals surface area contributed by atoms with E-state index >= 15 is 0 Å². The maximum absolute atomic E-state index is 13.3. The molecule has 2 aromatic rings. The lowest BCUT2D eigenvalue weighted by molar-refractivity contribution is -0.137. The highest BCUT2D eigenvalue weighted by Crippen LogP contribution is 2.36. The Morgan fingerprint density at radius 3 is 2.72 bits per heavy atom. The summed E-state index contributed by atoms with van der Waals surface area (Å²) in [5.74, 6) is 0.594. The molecular weight excluding hydrogens is 364 g/mol. The van der Waals surface area contributed by atoms with Crippen molar-refractivity contribution in [3.05, 3.63) is 54.4 Å². The standard InChI is InChI=1S/C24H30N2O3/c27-23(26-16-20-5-3-11-29-18-20)24(8-12-28-13-9-24)15-19-4-1-6-21(14-19)22-7-2-10-25-17-22/h1-2,4,6-7,10,14,17,20H,3,5,8-9,11-13,15-16,18H2,(H,26,27)/t20-/m0/s1. The largest absolute Gasteiger partial charge is 0.381 e. The van der Waals surface area contributed by atoms with Gasteiger partial charge in [0.1, 0.15) is 0 Å². The number of carbonyl (C=O) groups is 1. The molecule has 0 unspecified atom stereocenters. The van der Waals surface area contributed by atoms with Crippen molar-refractivity contribution < 1.29 is 14.3 Å². The van der Waals surface area contributed by atoms with Gasteiger partial charge in [-0.25, -0.2) is 0 Å². The highest BCUT2D eigenvalue weighted by atomic mass is 16.5. The van der Waals surface area contributed by atoms with Gasteiger partial charge in [0.2, 0.25) is 5.91 Å². The highest BCUT2D eigenvalue weighted by molar-refractivity contribution is 5.83. The number of pyridine rings is 1. The smallest absolute Gasteiger partial charge is 0.226 e. The van der Waals surface area contributed by atoms with Gasteiger partial charge in [0.05, 0.1) is 12.0 Å². The average molecular weight is 395 g/mol. The molecule has 0 aliphatic carbocycles. The van der Waals surface area contributed by atoms with E-state index in [0.29, 0.717) is 25.7 Å². The predicted molar refractivity (Wildman–Crippen MR) is 112 cm³/mol. The zero-order valence-corrected chi connectivity index (χ0v) is 16.9. The quantitative estimate of drug-likeness (QED) is 0.813. The number of nitrogens with zero attached hydrogens (tertiary/aromatic N) is 1. The molecule has 5 nitrogen and oxygen atoms in total. The molecule has 2 aliphatic heterocycles. The number of benzene rings is 1. The van der Waals surface area contributed by atoms with Crippen molar-refractivity contribution in [2.75, 3.05) is 33.0 Å². The van der Waals surface area contributed by atoms with E-state index in [9.17, 15) is 4.79 Å². The van der Waals surface area contributed by atoms with Gasteiger partial charge in [-0.05, 0) is 60.8 Å². The summed E-state index contributed by atoms with van der Waals surface area (Å²) < 4.78 is 11.2. The molecule has 1 N–H and O–H groups in total. The van der Waals surface area contributed by atoms with Crippen LogP contribution in [0, 0.1) is 11.3 Å². The van der Waals surface area contributed by atoms with E-state index in [-0.39, 0.29) is 5.91 Å². The van der Waals surface area contributed by atoms with Crippen LogP contribution in [-0.4, -0.2) is 43.9 Å². The van der Waals surface area contributed by atoms with Gasteiger partial charge in [0.15, 0.2) is 0 Å². The number of hydrogen-bond acceptors (Lipinski definition) is 4. The second-order valence-electron chi connectivity index (χ2n) is 8.30. The summed E-state index contributed by atoms with van der Waals surface area (Å²) in [5.41, 5.74) is 3.01. The van der Waals surface area contributed by atoms with Crippen LogP contribution in [0.4, 0.5) is 0 Å². The molecule has 2 fully saturated rings. The van der Waals surface area contributed by atoms with E-state index in [4.69, 9.17) is 9.47 Å². The van der Waals surface area contributed by atoms with E-state index in [1.54, 1.807) is 6.20 Å². The number of amides is 1. The molecule has 0 saturated carbocycles. The Bertz CT molecular complexity index is 797. The molecule has 0 radical (unpaired) electrons. The van der Waals surface area contributed by atoms with Crippen LogP contribution >= 0.6 is 0 Å². The van der Waals surface area contributed by atoms with Crippen LogP contribution in [0.5, 0.6) is 0 Å². The zero-order chi connectivity index (χ0) is 19.9. The fourth-order valence-corrected chi connectivity index (χ4v) is 4.42. The minimum atomic E-state index is -0.401. The molecule has 29 heavy (non-hydrogen) atoms. The molecule has 1 aromatic heterocycles. The van der Waals surface area contributed by atoms with Gasteiger partial charge in [0.25, 0.3) is 0 Å². The Morgan fingerprint density at radius 1 is 1.10 bits per heavy atom. The molecule has 1 atom stereocenters. The molecule has 154 valence electrons. The molecule has 0 spiro atoms. The van der Waals surface area contributed by atoms with E-state index in [1.165, 1.54) is 5.56 Å². The second-order valence-corrected chi connectivity index (χ2v) is 8.30. The molecule has 2 saturated heterocycles. The topological polar surface area (TPSA) is 60.5 Å². The van der Waals surface area contributed by atoms with Crippen molar-refractivity contribution in [3.63, 3.8) is 0 Å². The van der Waals surface area contributed by atoms with Crippen LogP contribution in [0.15, 0.2) is 48.8 Å². The Hall–Kier alpha value is -2.24. The Balaban J connectivity index is 1.48. The van der Waals surface area contributed by atoms with Crippen LogP contribution in [-0.2, 0) is 20.7 Å². The maximum atomic E-state index is 13.3. The molecular formula is C24H30N2O3. The third-order valence-corrected chi connectivity index (χ3v) is 6.20. The molecule has 0 bridgehead atoms. The fraction of sp³-hybridized carbons (Fsp3) is 0.500. The van der Waals surface area contributed by atoms with Crippen molar-refractivity contribution in [1.29, 1.82) is 0 Å². The van der Waals surface area contributed by atoms with Gasteiger partial charge in [-0.2, -0.15) is 0 Å². The third kappa shape index (κ3) is 5.03. The first-order valence-corrected chi connectivity index (χ1v) is 10.7. The fourth-order valence-electron chi connectivity index (χ4n) is 4.42. The van der Waals surface area contributed by atoms with Crippen LogP contribution in [0.1, 0.15) is 31.2 Å². The van der Waals surface area contributed by atoms with Crippen molar-refractivity contribution in [3.8, 4) is 11.1 Å². The first kappa shape index (κ1) is 20.0. The van der Waals surface area contributed by atoms with E-state index in [1.807, 2.05) is 12.3 Å². The summed E-state index contributed by atoms with van der Waals surface area (Å²) in [5, 5.41) is 3.24. The third-order valence-electron chi connectivity index (χ3n) is 6.20. The number of hydrogen-bond donors (Lipinski definition) is 1.